The van der Waals surface area contributed by atoms with Gasteiger partial charge in [0.25, 0.3) is 0 Å². The molecule has 0 bridgehead atoms. The molecule has 2 N–H and O–H groups in total. The number of hydrogen-bond acceptors (Lipinski definition) is 2. The van der Waals surface area contributed by atoms with Crippen molar-refractivity contribution >= 4 is 23.6 Å². The number of carbonyl (C=O) groups is 2. The van der Waals surface area contributed by atoms with Crippen molar-refractivity contribution in [1.82, 2.24) is 10.2 Å². The summed E-state index contributed by atoms with van der Waals surface area (Å²) >= 11 is 5.77. The third-order valence-electron chi connectivity index (χ3n) is 3.18. The summed E-state index contributed by atoms with van der Waals surface area (Å²) in [5.74, 6) is -1.28. The van der Waals surface area contributed by atoms with Crippen LogP contribution in [0.2, 0.25) is 5.02 Å². The molecule has 2 rings (SSSR count). The Balaban J connectivity index is 1.82. The van der Waals surface area contributed by atoms with Crippen LogP contribution in [0.3, 0.4) is 0 Å². The van der Waals surface area contributed by atoms with E-state index in [1.54, 1.807) is 12.1 Å². The van der Waals surface area contributed by atoms with Gasteiger partial charge in [-0.3, -0.25) is 4.79 Å². The van der Waals surface area contributed by atoms with Crippen LogP contribution in [0.4, 0.5) is 4.79 Å². The zero-order chi connectivity index (χ0) is 13.8. The molecule has 0 saturated carbocycles. The molecule has 1 heterocycles. The van der Waals surface area contributed by atoms with Crippen LogP contribution in [0.1, 0.15) is 12.0 Å². The molecule has 2 amide bonds. The van der Waals surface area contributed by atoms with Gasteiger partial charge in [0, 0.05) is 24.7 Å². The summed E-state index contributed by atoms with van der Waals surface area (Å²) in [6, 6.07) is 6.98. The molecule has 0 spiro atoms. The Labute approximate surface area is 116 Å². The van der Waals surface area contributed by atoms with Gasteiger partial charge in [0.15, 0.2) is 0 Å². The second-order valence-electron chi connectivity index (χ2n) is 4.56. The van der Waals surface area contributed by atoms with Crippen molar-refractivity contribution in [1.29, 1.82) is 0 Å². The van der Waals surface area contributed by atoms with Gasteiger partial charge in [-0.05, 0) is 24.1 Å². The minimum Gasteiger partial charge on any atom is -0.481 e. The van der Waals surface area contributed by atoms with Crippen molar-refractivity contribution < 1.29 is 14.7 Å². The number of urea groups is 1. The number of likely N-dealkylation sites (tertiary alicyclic amines) is 1. The largest absolute Gasteiger partial charge is 0.481 e. The monoisotopic (exact) mass is 282 g/mol. The molecule has 5 nitrogen and oxygen atoms in total. The molecule has 1 atom stereocenters. The number of benzene rings is 1. The first-order valence-electron chi connectivity index (χ1n) is 6.06. The lowest BCUT2D eigenvalue weighted by atomic mass is 10.1. The van der Waals surface area contributed by atoms with Crippen molar-refractivity contribution in [2.75, 3.05) is 13.1 Å². The van der Waals surface area contributed by atoms with Gasteiger partial charge in [-0.25, -0.2) is 4.79 Å². The van der Waals surface area contributed by atoms with Crippen LogP contribution in [-0.2, 0) is 11.3 Å². The van der Waals surface area contributed by atoms with E-state index in [9.17, 15) is 9.59 Å². The number of carboxylic acids is 1. The maximum Gasteiger partial charge on any atom is 0.317 e. The number of nitrogens with one attached hydrogen (secondary N) is 1. The highest BCUT2D eigenvalue weighted by Gasteiger charge is 2.30. The van der Waals surface area contributed by atoms with E-state index in [0.717, 1.165) is 5.56 Å². The number of carbonyl (C=O) groups excluding carboxylic acids is 1. The summed E-state index contributed by atoms with van der Waals surface area (Å²) in [4.78, 5) is 24.2. The average Bonchev–Trinajstić information content (AvgIpc) is 2.87. The van der Waals surface area contributed by atoms with Crippen LogP contribution in [0, 0.1) is 5.92 Å². The number of halogens is 1. The van der Waals surface area contributed by atoms with Crippen molar-refractivity contribution in [2.24, 2.45) is 5.92 Å². The zero-order valence-corrected chi connectivity index (χ0v) is 11.1. The predicted octanol–water partition coefficient (Wildman–Crippen LogP) is 1.96. The lowest BCUT2D eigenvalue weighted by Crippen LogP contribution is -2.38. The number of amides is 2. The Morgan fingerprint density at radius 2 is 2.05 bits per heavy atom. The van der Waals surface area contributed by atoms with Crippen LogP contribution in [0.15, 0.2) is 24.3 Å². The molecule has 0 aromatic heterocycles. The third-order valence-corrected chi connectivity index (χ3v) is 3.43. The molecule has 0 radical (unpaired) electrons. The predicted molar refractivity (Wildman–Crippen MR) is 71.0 cm³/mol. The van der Waals surface area contributed by atoms with E-state index in [1.807, 2.05) is 12.1 Å². The van der Waals surface area contributed by atoms with Crippen LogP contribution >= 0.6 is 11.6 Å². The highest BCUT2D eigenvalue weighted by molar-refractivity contribution is 6.30. The summed E-state index contributed by atoms with van der Waals surface area (Å²) in [5.41, 5.74) is 0.951. The summed E-state index contributed by atoms with van der Waals surface area (Å²) < 4.78 is 0. The summed E-state index contributed by atoms with van der Waals surface area (Å²) in [6.45, 7) is 1.18. The van der Waals surface area contributed by atoms with E-state index < -0.39 is 11.9 Å². The van der Waals surface area contributed by atoms with E-state index in [4.69, 9.17) is 16.7 Å². The van der Waals surface area contributed by atoms with Gasteiger partial charge in [0.1, 0.15) is 0 Å². The summed E-state index contributed by atoms with van der Waals surface area (Å²) in [6.07, 6.45) is 0.518. The van der Waals surface area contributed by atoms with Crippen molar-refractivity contribution in [2.45, 2.75) is 13.0 Å². The smallest absolute Gasteiger partial charge is 0.317 e. The van der Waals surface area contributed by atoms with Crippen LogP contribution in [-0.4, -0.2) is 35.1 Å². The third kappa shape index (κ3) is 3.61. The van der Waals surface area contributed by atoms with Crippen LogP contribution in [0.5, 0.6) is 0 Å². The number of aliphatic carboxylic acids is 1. The molecule has 19 heavy (non-hydrogen) atoms. The Morgan fingerprint density at radius 1 is 1.37 bits per heavy atom. The fourth-order valence-corrected chi connectivity index (χ4v) is 2.16. The molecule has 0 aliphatic carbocycles. The van der Waals surface area contributed by atoms with Gasteiger partial charge in [-0.1, -0.05) is 23.7 Å². The fourth-order valence-electron chi connectivity index (χ4n) is 2.04. The van der Waals surface area contributed by atoms with E-state index in [0.29, 0.717) is 24.5 Å². The van der Waals surface area contributed by atoms with Crippen molar-refractivity contribution in [3.05, 3.63) is 34.9 Å². The van der Waals surface area contributed by atoms with Crippen LogP contribution in [0.25, 0.3) is 0 Å². The lowest BCUT2D eigenvalue weighted by molar-refractivity contribution is -0.141. The van der Waals surface area contributed by atoms with E-state index in [2.05, 4.69) is 5.32 Å². The minimum absolute atomic E-state index is 0.223. The fraction of sp³-hybridized carbons (Fsp3) is 0.385. The number of nitrogens with zero attached hydrogens (tertiary/aromatic N) is 1. The maximum atomic E-state index is 11.8. The molecule has 102 valence electrons. The van der Waals surface area contributed by atoms with Gasteiger partial charge >= 0.3 is 12.0 Å². The summed E-state index contributed by atoms with van der Waals surface area (Å²) in [7, 11) is 0. The molecule has 1 aliphatic rings. The molecular formula is C13H15ClN2O3. The highest BCUT2D eigenvalue weighted by Crippen LogP contribution is 2.16. The quantitative estimate of drug-likeness (QED) is 0.890. The Kier molecular flexibility index (Phi) is 4.27. The molecule has 6 heteroatoms. The van der Waals surface area contributed by atoms with Gasteiger partial charge in [0.05, 0.1) is 5.92 Å². The molecule has 1 aliphatic heterocycles. The minimum atomic E-state index is -0.840. The van der Waals surface area contributed by atoms with E-state index >= 15 is 0 Å². The molecule has 1 saturated heterocycles. The number of carboxylic acid groups (broad SMARTS) is 1. The average molecular weight is 283 g/mol. The molecule has 1 unspecified atom stereocenters. The first-order chi connectivity index (χ1) is 9.06. The standard InChI is InChI=1S/C13H15ClN2O3/c14-11-3-1-9(2-4-11)7-15-13(19)16-6-5-10(8-16)12(17)18/h1-4,10H,5-8H2,(H,15,19)(H,17,18). The molecule has 1 aromatic carbocycles. The van der Waals surface area contributed by atoms with Gasteiger partial charge in [-0.2, -0.15) is 0 Å². The first kappa shape index (κ1) is 13.7. The Morgan fingerprint density at radius 3 is 2.63 bits per heavy atom. The first-order valence-corrected chi connectivity index (χ1v) is 6.44. The second-order valence-corrected chi connectivity index (χ2v) is 4.99. The Hall–Kier alpha value is -1.75. The maximum absolute atomic E-state index is 11.8. The normalized spacial score (nSPS) is 18.4. The molecule has 1 fully saturated rings. The molecule has 1 aromatic rings. The van der Waals surface area contributed by atoms with E-state index in [-0.39, 0.29) is 12.6 Å². The number of rotatable bonds is 3. The SMILES string of the molecule is O=C(O)C1CCN(C(=O)NCc2ccc(Cl)cc2)C1. The number of hydrogen-bond donors (Lipinski definition) is 2. The topological polar surface area (TPSA) is 69.6 Å². The van der Waals surface area contributed by atoms with E-state index in [1.165, 1.54) is 4.90 Å². The van der Waals surface area contributed by atoms with Gasteiger partial charge in [-0.15, -0.1) is 0 Å². The van der Waals surface area contributed by atoms with Crippen molar-refractivity contribution in [3.8, 4) is 0 Å². The summed E-state index contributed by atoms with van der Waals surface area (Å²) in [5, 5.41) is 12.3. The zero-order valence-electron chi connectivity index (χ0n) is 10.3. The van der Waals surface area contributed by atoms with Crippen LogP contribution < -0.4 is 5.32 Å². The Bertz CT molecular complexity index is 475. The molecular weight excluding hydrogens is 268 g/mol. The van der Waals surface area contributed by atoms with Crippen molar-refractivity contribution in [3.63, 3.8) is 0 Å². The van der Waals surface area contributed by atoms with Gasteiger partial charge < -0.3 is 15.3 Å². The second kappa shape index (κ2) is 5.93. The highest BCUT2D eigenvalue weighted by atomic mass is 35.5. The lowest BCUT2D eigenvalue weighted by Gasteiger charge is -2.16. The van der Waals surface area contributed by atoms with Gasteiger partial charge in [0.2, 0.25) is 0 Å².